The summed E-state index contributed by atoms with van der Waals surface area (Å²) in [6, 6.07) is 28.8. The van der Waals surface area contributed by atoms with Crippen molar-refractivity contribution in [2.45, 2.75) is 19.4 Å². The van der Waals surface area contributed by atoms with Crippen molar-refractivity contribution in [3.63, 3.8) is 0 Å². The molecule has 0 bridgehead atoms. The van der Waals surface area contributed by atoms with Gasteiger partial charge in [-0.15, -0.1) is 0 Å². The van der Waals surface area contributed by atoms with Crippen molar-refractivity contribution in [2.24, 2.45) is 4.99 Å². The molecule has 1 fully saturated rings. The molecule has 4 nitrogen and oxygen atoms in total. The average Bonchev–Trinajstić information content (AvgIpc) is 3.44. The number of fused-ring (bicyclic) bond motifs is 1. The molecule has 0 spiro atoms. The van der Waals surface area contributed by atoms with E-state index < -0.39 is 0 Å². The van der Waals surface area contributed by atoms with Crippen LogP contribution in [0, 0.1) is 0 Å². The minimum absolute atomic E-state index is 0.0361. The molecule has 0 radical (unpaired) electrons. The number of H-pyrrole nitrogens is 1. The molecular weight excluding hydrogens is 426 g/mol. The number of nitrogens with one attached hydrogen (secondary N) is 1. The third-order valence-corrected chi connectivity index (χ3v) is 6.74. The number of amidine groups is 1. The number of rotatable bonds is 7. The first-order valence-electron chi connectivity index (χ1n) is 11.2. The van der Waals surface area contributed by atoms with Gasteiger partial charge < -0.3 is 4.98 Å². The Morgan fingerprint density at radius 1 is 0.909 bits per heavy atom. The zero-order valence-electron chi connectivity index (χ0n) is 18.3. The monoisotopic (exact) mass is 451 g/mol. The average molecular weight is 452 g/mol. The van der Waals surface area contributed by atoms with Gasteiger partial charge in [-0.2, -0.15) is 0 Å². The zero-order chi connectivity index (χ0) is 22.5. The Morgan fingerprint density at radius 2 is 1.67 bits per heavy atom. The van der Waals surface area contributed by atoms with E-state index in [0.717, 1.165) is 44.9 Å². The Labute approximate surface area is 198 Å². The summed E-state index contributed by atoms with van der Waals surface area (Å²) < 4.78 is 0. The van der Waals surface area contributed by atoms with Gasteiger partial charge >= 0.3 is 0 Å². The molecule has 164 valence electrons. The van der Waals surface area contributed by atoms with Crippen molar-refractivity contribution >= 4 is 39.8 Å². The van der Waals surface area contributed by atoms with Gasteiger partial charge in [0, 0.05) is 18.3 Å². The number of carbonyl (C=O) groups is 1. The SMILES string of the molecule is O=C1C(=Cc2ccc3[nH]ccc3c2)SC(=NCc2ccccc2)N1CCCc1ccccc1. The smallest absolute Gasteiger partial charge is 0.266 e. The van der Waals surface area contributed by atoms with Gasteiger partial charge in [0.15, 0.2) is 5.17 Å². The third-order valence-electron chi connectivity index (χ3n) is 5.69. The lowest BCUT2D eigenvalue weighted by atomic mass is 10.1. The molecule has 33 heavy (non-hydrogen) atoms. The number of aromatic nitrogens is 1. The van der Waals surface area contributed by atoms with Crippen LogP contribution in [0.5, 0.6) is 0 Å². The summed E-state index contributed by atoms with van der Waals surface area (Å²) in [6.07, 6.45) is 5.74. The van der Waals surface area contributed by atoms with Crippen molar-refractivity contribution in [3.05, 3.63) is 113 Å². The van der Waals surface area contributed by atoms with E-state index in [4.69, 9.17) is 4.99 Å². The lowest BCUT2D eigenvalue weighted by Crippen LogP contribution is -2.30. The number of aliphatic imine (C=N–C) groups is 1. The molecule has 2 heterocycles. The summed E-state index contributed by atoms with van der Waals surface area (Å²) in [4.78, 5) is 23.9. The maximum absolute atomic E-state index is 13.3. The van der Waals surface area contributed by atoms with Crippen molar-refractivity contribution in [3.8, 4) is 0 Å². The van der Waals surface area contributed by atoms with E-state index in [0.29, 0.717) is 13.1 Å². The molecule has 5 rings (SSSR count). The molecular formula is C28H25N3OS. The Balaban J connectivity index is 1.37. The van der Waals surface area contributed by atoms with Gasteiger partial charge in [0.1, 0.15) is 0 Å². The topological polar surface area (TPSA) is 48.5 Å². The first-order valence-corrected chi connectivity index (χ1v) is 12.0. The molecule has 1 aliphatic rings. The second-order valence-corrected chi connectivity index (χ2v) is 9.07. The van der Waals surface area contributed by atoms with Crippen LogP contribution in [0.3, 0.4) is 0 Å². The van der Waals surface area contributed by atoms with Crippen LogP contribution in [0.25, 0.3) is 17.0 Å². The van der Waals surface area contributed by atoms with Crippen molar-refractivity contribution < 1.29 is 4.79 Å². The molecule has 1 N–H and O–H groups in total. The Bertz CT molecular complexity index is 1310. The van der Waals surface area contributed by atoms with Gasteiger partial charge in [-0.1, -0.05) is 66.7 Å². The fraction of sp³-hybridized carbons (Fsp3) is 0.143. The molecule has 1 aliphatic heterocycles. The lowest BCUT2D eigenvalue weighted by Gasteiger charge is -2.15. The normalized spacial score (nSPS) is 16.4. The van der Waals surface area contributed by atoms with Crippen LogP contribution in [0.15, 0.2) is 101 Å². The Morgan fingerprint density at radius 3 is 2.45 bits per heavy atom. The van der Waals surface area contributed by atoms with Crippen LogP contribution >= 0.6 is 11.8 Å². The second kappa shape index (κ2) is 9.92. The number of thioether (sulfide) groups is 1. The molecule has 1 aromatic heterocycles. The maximum Gasteiger partial charge on any atom is 0.266 e. The number of carbonyl (C=O) groups excluding carboxylic acids is 1. The second-order valence-electron chi connectivity index (χ2n) is 8.07. The van der Waals surface area contributed by atoms with E-state index in [1.54, 1.807) is 0 Å². The van der Waals surface area contributed by atoms with Gasteiger partial charge in [0.05, 0.1) is 11.4 Å². The largest absolute Gasteiger partial charge is 0.361 e. The van der Waals surface area contributed by atoms with E-state index in [1.807, 2.05) is 59.6 Å². The summed E-state index contributed by atoms with van der Waals surface area (Å²) >= 11 is 1.47. The van der Waals surface area contributed by atoms with Crippen molar-refractivity contribution in [2.75, 3.05) is 6.54 Å². The Kier molecular flexibility index (Phi) is 6.40. The number of aromatic amines is 1. The molecule has 1 amide bonds. The number of aryl methyl sites for hydroxylation is 1. The maximum atomic E-state index is 13.3. The first kappa shape index (κ1) is 21.3. The van der Waals surface area contributed by atoms with Crippen molar-refractivity contribution in [1.29, 1.82) is 0 Å². The highest BCUT2D eigenvalue weighted by Gasteiger charge is 2.32. The fourth-order valence-electron chi connectivity index (χ4n) is 3.96. The van der Waals surface area contributed by atoms with Gasteiger partial charge in [-0.05, 0) is 71.0 Å². The molecule has 0 unspecified atom stereocenters. The number of benzene rings is 3. The molecule has 0 atom stereocenters. The highest BCUT2D eigenvalue weighted by Crippen LogP contribution is 2.33. The lowest BCUT2D eigenvalue weighted by molar-refractivity contribution is -0.122. The minimum Gasteiger partial charge on any atom is -0.361 e. The highest BCUT2D eigenvalue weighted by molar-refractivity contribution is 8.18. The number of nitrogens with zero attached hydrogens (tertiary/aromatic N) is 2. The summed E-state index contributed by atoms with van der Waals surface area (Å²) in [6.45, 7) is 1.22. The van der Waals surface area contributed by atoms with E-state index in [-0.39, 0.29) is 5.91 Å². The quantitative estimate of drug-likeness (QED) is 0.337. The van der Waals surface area contributed by atoms with Crippen LogP contribution in [-0.2, 0) is 17.8 Å². The highest BCUT2D eigenvalue weighted by atomic mass is 32.2. The molecule has 0 aliphatic carbocycles. The van der Waals surface area contributed by atoms with E-state index >= 15 is 0 Å². The fourth-order valence-corrected chi connectivity index (χ4v) is 4.97. The van der Waals surface area contributed by atoms with Crippen LogP contribution in [0.1, 0.15) is 23.1 Å². The first-order chi connectivity index (χ1) is 16.3. The predicted molar refractivity (Wildman–Crippen MR) is 138 cm³/mol. The molecule has 0 saturated carbocycles. The van der Waals surface area contributed by atoms with E-state index in [1.165, 1.54) is 17.3 Å². The predicted octanol–water partition coefficient (Wildman–Crippen LogP) is 6.27. The summed E-state index contributed by atoms with van der Waals surface area (Å²) in [5.74, 6) is 0.0361. The number of hydrogen-bond donors (Lipinski definition) is 1. The summed E-state index contributed by atoms with van der Waals surface area (Å²) in [5.41, 5.74) is 4.54. The van der Waals surface area contributed by atoms with Crippen LogP contribution < -0.4 is 0 Å². The Hall–Kier alpha value is -3.57. The van der Waals surface area contributed by atoms with Gasteiger partial charge in [0.2, 0.25) is 0 Å². The van der Waals surface area contributed by atoms with Crippen molar-refractivity contribution in [1.82, 2.24) is 9.88 Å². The third kappa shape index (κ3) is 5.10. The molecule has 5 heteroatoms. The van der Waals surface area contributed by atoms with E-state index in [2.05, 4.69) is 47.4 Å². The van der Waals surface area contributed by atoms with Gasteiger partial charge in [-0.25, -0.2) is 0 Å². The number of amides is 1. The van der Waals surface area contributed by atoms with Crippen LogP contribution in [-0.4, -0.2) is 27.5 Å². The summed E-state index contributed by atoms with van der Waals surface area (Å²) in [7, 11) is 0. The van der Waals surface area contributed by atoms with Crippen LogP contribution in [0.2, 0.25) is 0 Å². The zero-order valence-corrected chi connectivity index (χ0v) is 19.1. The summed E-state index contributed by atoms with van der Waals surface area (Å²) in [5, 5.41) is 1.92. The van der Waals surface area contributed by atoms with E-state index in [9.17, 15) is 4.79 Å². The molecule has 1 saturated heterocycles. The van der Waals surface area contributed by atoms with Gasteiger partial charge in [-0.3, -0.25) is 14.7 Å². The standard InChI is InChI=1S/C28H25N3OS/c32-27-26(19-23-13-14-25-24(18-23)15-16-29-25)33-28(30-20-22-10-5-2-6-11-22)31(27)17-7-12-21-8-3-1-4-9-21/h1-6,8-11,13-16,18-19,29H,7,12,17,20H2. The number of hydrogen-bond acceptors (Lipinski definition) is 3. The van der Waals surface area contributed by atoms with Gasteiger partial charge in [0.25, 0.3) is 5.91 Å². The minimum atomic E-state index is 0.0361. The molecule has 3 aromatic carbocycles. The van der Waals surface area contributed by atoms with Crippen LogP contribution in [0.4, 0.5) is 0 Å². The molecule has 4 aromatic rings.